The van der Waals surface area contributed by atoms with Gasteiger partial charge in [0, 0.05) is 12.8 Å². The van der Waals surface area contributed by atoms with Gasteiger partial charge in [-0.1, -0.05) is 13.3 Å². The maximum absolute atomic E-state index is 11.4. The minimum absolute atomic E-state index is 0.0282. The van der Waals surface area contributed by atoms with Gasteiger partial charge < -0.3 is 9.47 Å². The Morgan fingerprint density at radius 3 is 1.72 bits per heavy atom. The minimum atomic E-state index is -0.531. The van der Waals surface area contributed by atoms with Gasteiger partial charge in [-0.3, -0.25) is 14.2 Å². The second kappa shape index (κ2) is 9.03. The average molecular weight is 276 g/mol. The van der Waals surface area contributed by atoms with E-state index >= 15 is 0 Å². The summed E-state index contributed by atoms with van der Waals surface area (Å²) in [6.45, 7) is 1.98. The van der Waals surface area contributed by atoms with Crippen LogP contribution in [0.2, 0.25) is 0 Å². The standard InChI is InChI=1S/C12H21O5P/c1-4-7-12(18-15,8-5-10(13)16-2)9-6-11(14)17-3/h4-9H2,1-3H3. The van der Waals surface area contributed by atoms with Gasteiger partial charge in [0.15, 0.2) is 8.46 Å². The fourth-order valence-electron chi connectivity index (χ4n) is 1.85. The van der Waals surface area contributed by atoms with Gasteiger partial charge in [0.2, 0.25) is 0 Å². The molecule has 0 spiro atoms. The van der Waals surface area contributed by atoms with Crippen molar-refractivity contribution in [3.05, 3.63) is 0 Å². The van der Waals surface area contributed by atoms with Gasteiger partial charge >= 0.3 is 11.9 Å². The van der Waals surface area contributed by atoms with E-state index in [0.29, 0.717) is 19.3 Å². The van der Waals surface area contributed by atoms with E-state index in [2.05, 4.69) is 9.47 Å². The van der Waals surface area contributed by atoms with Crippen molar-refractivity contribution in [2.45, 2.75) is 50.6 Å². The lowest BCUT2D eigenvalue weighted by atomic mass is 9.91. The first-order valence-corrected chi connectivity index (χ1v) is 6.83. The highest BCUT2D eigenvalue weighted by Gasteiger charge is 2.31. The van der Waals surface area contributed by atoms with Gasteiger partial charge in [-0.25, -0.2) is 0 Å². The van der Waals surface area contributed by atoms with Crippen LogP contribution in [-0.2, 0) is 23.6 Å². The Hall–Kier alpha value is -0.960. The van der Waals surface area contributed by atoms with E-state index in [1.807, 2.05) is 6.92 Å². The molecule has 0 fully saturated rings. The molecule has 0 aliphatic heterocycles. The molecule has 0 bridgehead atoms. The predicted molar refractivity (Wildman–Crippen MR) is 67.7 cm³/mol. The van der Waals surface area contributed by atoms with Crippen molar-refractivity contribution in [2.24, 2.45) is 0 Å². The summed E-state index contributed by atoms with van der Waals surface area (Å²) in [6, 6.07) is 0. The van der Waals surface area contributed by atoms with Crippen molar-refractivity contribution in [1.29, 1.82) is 0 Å². The third kappa shape index (κ3) is 6.10. The largest absolute Gasteiger partial charge is 0.469 e. The van der Waals surface area contributed by atoms with Crippen LogP contribution in [0.4, 0.5) is 0 Å². The number of hydrogen-bond acceptors (Lipinski definition) is 5. The molecule has 0 atom stereocenters. The number of ether oxygens (including phenoxy) is 2. The monoisotopic (exact) mass is 276 g/mol. The third-order valence-corrected chi connectivity index (χ3v) is 4.01. The molecular weight excluding hydrogens is 255 g/mol. The smallest absolute Gasteiger partial charge is 0.305 e. The van der Waals surface area contributed by atoms with Crippen LogP contribution in [0.3, 0.4) is 0 Å². The maximum Gasteiger partial charge on any atom is 0.305 e. The van der Waals surface area contributed by atoms with Gasteiger partial charge in [0.05, 0.1) is 19.4 Å². The molecular formula is C12H21O5P. The molecule has 6 heteroatoms. The maximum atomic E-state index is 11.4. The Morgan fingerprint density at radius 2 is 1.44 bits per heavy atom. The molecule has 0 unspecified atom stereocenters. The molecule has 0 aromatic carbocycles. The zero-order valence-corrected chi connectivity index (χ0v) is 12.1. The van der Waals surface area contributed by atoms with Gasteiger partial charge in [-0.2, -0.15) is 0 Å². The Kier molecular flexibility index (Phi) is 8.55. The highest BCUT2D eigenvalue weighted by atomic mass is 31.1. The van der Waals surface area contributed by atoms with Crippen LogP contribution in [0.1, 0.15) is 45.4 Å². The summed E-state index contributed by atoms with van der Waals surface area (Å²) in [6.07, 6.45) is 2.88. The zero-order valence-electron chi connectivity index (χ0n) is 11.2. The van der Waals surface area contributed by atoms with Gasteiger partial charge in [-0.15, -0.1) is 0 Å². The summed E-state index contributed by atoms with van der Waals surface area (Å²) in [5, 5.41) is -0.531. The Morgan fingerprint density at radius 1 is 1.00 bits per heavy atom. The number of esters is 2. The quantitative estimate of drug-likeness (QED) is 0.478. The molecule has 0 saturated heterocycles. The van der Waals surface area contributed by atoms with Crippen molar-refractivity contribution in [1.82, 2.24) is 0 Å². The second-order valence-electron chi connectivity index (χ2n) is 4.22. The molecule has 0 N–H and O–H groups in total. The van der Waals surface area contributed by atoms with E-state index in [9.17, 15) is 14.2 Å². The molecule has 0 saturated carbocycles. The second-order valence-corrected chi connectivity index (χ2v) is 5.35. The molecule has 0 radical (unpaired) electrons. The lowest BCUT2D eigenvalue weighted by molar-refractivity contribution is -0.141. The summed E-state index contributed by atoms with van der Waals surface area (Å²) in [7, 11) is 2.63. The molecule has 0 aromatic heterocycles. The van der Waals surface area contributed by atoms with E-state index in [1.54, 1.807) is 0 Å². The first-order valence-electron chi connectivity index (χ1n) is 6.01. The van der Waals surface area contributed by atoms with E-state index < -0.39 is 5.16 Å². The van der Waals surface area contributed by atoms with Crippen molar-refractivity contribution in [3.8, 4) is 0 Å². The first kappa shape index (κ1) is 17.0. The summed E-state index contributed by atoms with van der Waals surface area (Å²) in [5.41, 5.74) is 0. The number of rotatable bonds is 9. The van der Waals surface area contributed by atoms with Crippen molar-refractivity contribution in [2.75, 3.05) is 14.2 Å². The molecule has 18 heavy (non-hydrogen) atoms. The molecule has 0 rings (SSSR count). The summed E-state index contributed by atoms with van der Waals surface area (Å²) >= 11 is 0. The number of hydrogen-bond donors (Lipinski definition) is 0. The van der Waals surface area contributed by atoms with Crippen LogP contribution in [0.15, 0.2) is 0 Å². The summed E-state index contributed by atoms with van der Waals surface area (Å²) in [4.78, 5) is 22.3. The minimum Gasteiger partial charge on any atom is -0.469 e. The van der Waals surface area contributed by atoms with E-state index in [0.717, 1.165) is 6.42 Å². The number of carbonyl (C=O) groups is 2. The molecule has 5 nitrogen and oxygen atoms in total. The Labute approximate surface area is 109 Å². The highest BCUT2D eigenvalue weighted by Crippen LogP contribution is 2.38. The van der Waals surface area contributed by atoms with E-state index in [1.165, 1.54) is 14.2 Å². The van der Waals surface area contributed by atoms with Gasteiger partial charge in [-0.05, 0) is 19.3 Å². The van der Waals surface area contributed by atoms with Crippen molar-refractivity contribution >= 4 is 20.4 Å². The number of carbonyl (C=O) groups excluding carboxylic acids is 2. The van der Waals surface area contributed by atoms with Gasteiger partial charge in [0.25, 0.3) is 0 Å². The summed E-state index contributed by atoms with van der Waals surface area (Å²) in [5.74, 6) is -0.644. The molecule has 0 heterocycles. The Bertz CT molecular complexity index is 270. The normalized spacial score (nSPS) is 11.3. The van der Waals surface area contributed by atoms with Crippen LogP contribution < -0.4 is 0 Å². The molecule has 0 aliphatic rings. The van der Waals surface area contributed by atoms with Crippen LogP contribution in [-0.4, -0.2) is 31.3 Å². The fraction of sp³-hybridized carbons (Fsp3) is 0.833. The van der Waals surface area contributed by atoms with Crippen molar-refractivity contribution in [3.63, 3.8) is 0 Å². The van der Waals surface area contributed by atoms with Crippen LogP contribution >= 0.6 is 8.46 Å². The lowest BCUT2D eigenvalue weighted by Gasteiger charge is -2.25. The lowest BCUT2D eigenvalue weighted by Crippen LogP contribution is -2.24. The molecule has 104 valence electrons. The van der Waals surface area contributed by atoms with Gasteiger partial charge in [0.1, 0.15) is 0 Å². The fourth-order valence-corrected chi connectivity index (χ4v) is 2.57. The zero-order chi connectivity index (χ0) is 14.0. The van der Waals surface area contributed by atoms with Crippen molar-refractivity contribution < 1.29 is 23.6 Å². The molecule has 0 amide bonds. The predicted octanol–water partition coefficient (Wildman–Crippen LogP) is 2.72. The topological polar surface area (TPSA) is 69.7 Å². The first-order chi connectivity index (χ1) is 8.53. The van der Waals surface area contributed by atoms with Crippen LogP contribution in [0.5, 0.6) is 0 Å². The van der Waals surface area contributed by atoms with Crippen LogP contribution in [0.25, 0.3) is 0 Å². The number of methoxy groups -OCH3 is 2. The summed E-state index contributed by atoms with van der Waals surface area (Å²) < 4.78 is 20.6. The third-order valence-electron chi connectivity index (χ3n) is 2.95. The SMILES string of the molecule is CCCC(CCC(=O)OC)(CCC(=O)OC)P=O. The van der Waals surface area contributed by atoms with E-state index in [4.69, 9.17) is 0 Å². The average Bonchev–Trinajstić information content (AvgIpc) is 2.41. The molecule has 0 aliphatic carbocycles. The van der Waals surface area contributed by atoms with Crippen LogP contribution in [0, 0.1) is 0 Å². The van der Waals surface area contributed by atoms with E-state index in [-0.39, 0.29) is 33.2 Å². The highest BCUT2D eigenvalue weighted by molar-refractivity contribution is 7.26. The Balaban J connectivity index is 4.54. The molecule has 0 aromatic rings.